The third kappa shape index (κ3) is 3.97. The largest absolute Gasteiger partial charge is 0.343 e. The number of carbonyl (C=O) groups excluding carboxylic acids is 2. The van der Waals surface area contributed by atoms with E-state index in [1.165, 1.54) is 0 Å². The molecule has 7 nitrogen and oxygen atoms in total. The number of rotatable bonds is 5. The van der Waals surface area contributed by atoms with Gasteiger partial charge >= 0.3 is 6.03 Å². The van der Waals surface area contributed by atoms with Crippen LogP contribution < -0.4 is 10.6 Å². The van der Waals surface area contributed by atoms with Gasteiger partial charge in [-0.3, -0.25) is 9.48 Å². The van der Waals surface area contributed by atoms with Gasteiger partial charge in [-0.25, -0.2) is 4.79 Å². The summed E-state index contributed by atoms with van der Waals surface area (Å²) in [4.78, 5) is 24.8. The Bertz CT molecular complexity index is 457. The molecule has 0 bridgehead atoms. The Kier molecular flexibility index (Phi) is 4.38. The summed E-state index contributed by atoms with van der Waals surface area (Å²) >= 11 is 0. The van der Waals surface area contributed by atoms with Gasteiger partial charge in [0.05, 0.1) is 11.9 Å². The average molecular weight is 265 g/mol. The van der Waals surface area contributed by atoms with Crippen LogP contribution >= 0.6 is 0 Å². The molecular formula is C12H19N5O2. The smallest absolute Gasteiger partial charge is 0.319 e. The third-order valence-electron chi connectivity index (χ3n) is 3.02. The standard InChI is InChI=1S/C12H19N5O2/c1-16-9-10(8-14-16)15-12(19)13-5-3-7-17-6-2-4-11(17)18/h8-9H,2-7H2,1H3,(H2,13,15,19). The Hall–Kier alpha value is -2.05. The average Bonchev–Trinajstić information content (AvgIpc) is 2.94. The van der Waals surface area contributed by atoms with E-state index >= 15 is 0 Å². The van der Waals surface area contributed by atoms with Gasteiger partial charge in [0, 0.05) is 39.3 Å². The summed E-state index contributed by atoms with van der Waals surface area (Å²) in [5.41, 5.74) is 0.662. The normalized spacial score (nSPS) is 14.8. The first-order chi connectivity index (χ1) is 9.15. The lowest BCUT2D eigenvalue weighted by atomic mass is 10.4. The first kappa shape index (κ1) is 13.4. The zero-order valence-electron chi connectivity index (χ0n) is 11.1. The molecule has 2 heterocycles. The van der Waals surface area contributed by atoms with E-state index in [4.69, 9.17) is 0 Å². The molecule has 2 rings (SSSR count). The molecule has 0 spiro atoms. The number of carbonyl (C=O) groups is 2. The minimum Gasteiger partial charge on any atom is -0.343 e. The molecule has 1 aliphatic heterocycles. The number of aryl methyl sites for hydroxylation is 1. The van der Waals surface area contributed by atoms with E-state index in [0.29, 0.717) is 25.2 Å². The molecule has 19 heavy (non-hydrogen) atoms. The monoisotopic (exact) mass is 265 g/mol. The van der Waals surface area contributed by atoms with Crippen LogP contribution in [0.3, 0.4) is 0 Å². The minimum atomic E-state index is -0.249. The lowest BCUT2D eigenvalue weighted by Gasteiger charge is -2.15. The molecule has 0 aliphatic carbocycles. The van der Waals surface area contributed by atoms with Crippen molar-refractivity contribution in [1.82, 2.24) is 20.0 Å². The fourth-order valence-corrected chi connectivity index (χ4v) is 2.07. The van der Waals surface area contributed by atoms with Gasteiger partial charge in [0.15, 0.2) is 0 Å². The second-order valence-corrected chi connectivity index (χ2v) is 4.62. The maximum atomic E-state index is 11.5. The highest BCUT2D eigenvalue weighted by molar-refractivity contribution is 5.88. The van der Waals surface area contributed by atoms with Gasteiger partial charge in [-0.15, -0.1) is 0 Å². The first-order valence-electron chi connectivity index (χ1n) is 6.46. The zero-order chi connectivity index (χ0) is 13.7. The Balaban J connectivity index is 1.60. The van der Waals surface area contributed by atoms with Crippen molar-refractivity contribution in [3.05, 3.63) is 12.4 Å². The number of aromatic nitrogens is 2. The van der Waals surface area contributed by atoms with Gasteiger partial charge in [0.2, 0.25) is 5.91 Å². The number of nitrogens with one attached hydrogen (secondary N) is 2. The van der Waals surface area contributed by atoms with Gasteiger partial charge in [-0.05, 0) is 12.8 Å². The van der Waals surface area contributed by atoms with Gasteiger partial charge in [-0.2, -0.15) is 5.10 Å². The molecule has 3 amide bonds. The lowest BCUT2D eigenvalue weighted by molar-refractivity contribution is -0.127. The number of nitrogens with zero attached hydrogens (tertiary/aromatic N) is 3. The van der Waals surface area contributed by atoms with Crippen LogP contribution in [0.15, 0.2) is 12.4 Å². The molecule has 0 atom stereocenters. The molecule has 0 aromatic carbocycles. The molecule has 1 saturated heterocycles. The maximum Gasteiger partial charge on any atom is 0.319 e. The van der Waals surface area contributed by atoms with Crippen LogP contribution in [0.2, 0.25) is 0 Å². The SMILES string of the molecule is Cn1cc(NC(=O)NCCCN2CCCC2=O)cn1. The third-order valence-corrected chi connectivity index (χ3v) is 3.02. The molecule has 1 fully saturated rings. The fourth-order valence-electron chi connectivity index (χ4n) is 2.07. The predicted octanol–water partition coefficient (Wildman–Crippen LogP) is 0.554. The van der Waals surface area contributed by atoms with E-state index in [9.17, 15) is 9.59 Å². The van der Waals surface area contributed by atoms with Gasteiger partial charge < -0.3 is 15.5 Å². The van der Waals surface area contributed by atoms with Gasteiger partial charge in [0.25, 0.3) is 0 Å². The van der Waals surface area contributed by atoms with E-state index in [1.54, 1.807) is 24.1 Å². The summed E-state index contributed by atoms with van der Waals surface area (Å²) in [6.07, 6.45) is 5.69. The number of urea groups is 1. The number of hydrogen-bond donors (Lipinski definition) is 2. The van der Waals surface area contributed by atoms with Crippen molar-refractivity contribution in [1.29, 1.82) is 0 Å². The Labute approximate surface area is 111 Å². The Morgan fingerprint density at radius 2 is 2.37 bits per heavy atom. The van der Waals surface area contributed by atoms with Crippen LogP contribution in [0.5, 0.6) is 0 Å². The fraction of sp³-hybridized carbons (Fsp3) is 0.583. The van der Waals surface area contributed by atoms with Gasteiger partial charge in [0.1, 0.15) is 0 Å². The predicted molar refractivity (Wildman–Crippen MR) is 70.7 cm³/mol. The van der Waals surface area contributed by atoms with Crippen LogP contribution in [-0.2, 0) is 11.8 Å². The van der Waals surface area contributed by atoms with Crippen molar-refractivity contribution in [2.24, 2.45) is 7.05 Å². The number of anilines is 1. The summed E-state index contributed by atoms with van der Waals surface area (Å²) < 4.78 is 1.62. The number of hydrogen-bond acceptors (Lipinski definition) is 3. The molecule has 0 unspecified atom stereocenters. The summed E-state index contributed by atoms with van der Waals surface area (Å²) in [5, 5.41) is 9.40. The summed E-state index contributed by atoms with van der Waals surface area (Å²) in [6.45, 7) is 2.11. The molecule has 0 saturated carbocycles. The topological polar surface area (TPSA) is 79.3 Å². The van der Waals surface area contributed by atoms with Crippen molar-refractivity contribution in [2.75, 3.05) is 25.0 Å². The molecule has 1 aliphatic rings. The highest BCUT2D eigenvalue weighted by atomic mass is 16.2. The summed E-state index contributed by atoms with van der Waals surface area (Å²) in [5.74, 6) is 0.222. The van der Waals surface area contributed by atoms with Crippen molar-refractivity contribution in [3.63, 3.8) is 0 Å². The summed E-state index contributed by atoms with van der Waals surface area (Å²) in [6, 6.07) is -0.249. The van der Waals surface area contributed by atoms with Crippen LogP contribution in [-0.4, -0.2) is 46.3 Å². The van der Waals surface area contributed by atoms with E-state index in [0.717, 1.165) is 19.4 Å². The van der Waals surface area contributed by atoms with E-state index < -0.39 is 0 Å². The van der Waals surface area contributed by atoms with Crippen molar-refractivity contribution in [3.8, 4) is 0 Å². The van der Waals surface area contributed by atoms with Crippen LogP contribution in [0, 0.1) is 0 Å². The summed E-state index contributed by atoms with van der Waals surface area (Å²) in [7, 11) is 1.79. The van der Waals surface area contributed by atoms with Gasteiger partial charge in [-0.1, -0.05) is 0 Å². The Morgan fingerprint density at radius 3 is 3.00 bits per heavy atom. The highest BCUT2D eigenvalue weighted by Gasteiger charge is 2.18. The van der Waals surface area contributed by atoms with Crippen molar-refractivity contribution >= 4 is 17.6 Å². The number of amides is 3. The van der Waals surface area contributed by atoms with Crippen LogP contribution in [0.4, 0.5) is 10.5 Å². The van der Waals surface area contributed by atoms with E-state index in [1.807, 2.05) is 4.90 Å². The van der Waals surface area contributed by atoms with Crippen LogP contribution in [0.25, 0.3) is 0 Å². The van der Waals surface area contributed by atoms with Crippen molar-refractivity contribution < 1.29 is 9.59 Å². The second-order valence-electron chi connectivity index (χ2n) is 4.62. The molecule has 1 aromatic heterocycles. The number of likely N-dealkylation sites (tertiary alicyclic amines) is 1. The molecular weight excluding hydrogens is 246 g/mol. The highest BCUT2D eigenvalue weighted by Crippen LogP contribution is 2.09. The molecule has 7 heteroatoms. The maximum absolute atomic E-state index is 11.5. The van der Waals surface area contributed by atoms with Crippen LogP contribution in [0.1, 0.15) is 19.3 Å². The second kappa shape index (κ2) is 6.21. The molecule has 0 radical (unpaired) electrons. The first-order valence-corrected chi connectivity index (χ1v) is 6.46. The Morgan fingerprint density at radius 1 is 1.53 bits per heavy atom. The lowest BCUT2D eigenvalue weighted by Crippen LogP contribution is -2.32. The zero-order valence-corrected chi connectivity index (χ0v) is 11.1. The van der Waals surface area contributed by atoms with E-state index in [-0.39, 0.29) is 11.9 Å². The molecule has 1 aromatic rings. The molecule has 2 N–H and O–H groups in total. The quantitative estimate of drug-likeness (QED) is 0.763. The minimum absolute atomic E-state index is 0.222. The van der Waals surface area contributed by atoms with Crippen molar-refractivity contribution in [2.45, 2.75) is 19.3 Å². The molecule has 104 valence electrons. The van der Waals surface area contributed by atoms with E-state index in [2.05, 4.69) is 15.7 Å².